The van der Waals surface area contributed by atoms with Crippen molar-refractivity contribution in [2.45, 2.75) is 6.92 Å². The van der Waals surface area contributed by atoms with Crippen LogP contribution >= 0.6 is 0 Å². The number of esters is 1. The van der Waals surface area contributed by atoms with Gasteiger partial charge in [-0.15, -0.1) is 0 Å². The fraction of sp³-hybridized carbons (Fsp3) is 0.111. The maximum atomic E-state index is 12.4. The Hall–Kier alpha value is -3.68. The largest absolute Gasteiger partial charge is 0.487 e. The summed E-state index contributed by atoms with van der Waals surface area (Å²) < 4.78 is 15.5. The third kappa shape index (κ3) is 3.39. The predicted molar refractivity (Wildman–Crippen MR) is 91.7 cm³/mol. The van der Waals surface area contributed by atoms with Crippen LogP contribution in [-0.2, 0) is 0 Å². The Morgan fingerprint density at radius 1 is 1.15 bits per heavy atom. The Balaban J connectivity index is 1.97. The van der Waals surface area contributed by atoms with Crippen molar-refractivity contribution in [2.75, 3.05) is 6.61 Å². The van der Waals surface area contributed by atoms with Crippen molar-refractivity contribution < 1.29 is 23.6 Å². The summed E-state index contributed by atoms with van der Waals surface area (Å²) in [6, 6.07) is 11.4. The van der Waals surface area contributed by atoms with Gasteiger partial charge in [-0.3, -0.25) is 10.1 Å². The van der Waals surface area contributed by atoms with Crippen LogP contribution in [0.15, 0.2) is 57.7 Å². The number of benzene rings is 2. The molecule has 0 bridgehead atoms. The van der Waals surface area contributed by atoms with Gasteiger partial charge in [-0.05, 0) is 31.2 Å². The first-order valence-corrected chi connectivity index (χ1v) is 7.66. The molecule has 26 heavy (non-hydrogen) atoms. The Morgan fingerprint density at radius 2 is 1.92 bits per heavy atom. The summed E-state index contributed by atoms with van der Waals surface area (Å²) in [5.41, 5.74) is -0.805. The molecular formula is C18H13NO7. The maximum Gasteiger partial charge on any atom is 0.343 e. The maximum absolute atomic E-state index is 12.4. The molecule has 1 aromatic heterocycles. The number of carbonyl (C=O) groups is 1. The number of fused-ring (bicyclic) bond motifs is 1. The minimum atomic E-state index is -0.841. The first-order chi connectivity index (χ1) is 12.5. The average molecular weight is 355 g/mol. The predicted octanol–water partition coefficient (Wildman–Crippen LogP) is 3.32. The number of hydrogen-bond donors (Lipinski definition) is 0. The number of para-hydroxylation sites is 1. The smallest absolute Gasteiger partial charge is 0.343 e. The Labute approximate surface area is 146 Å². The quantitative estimate of drug-likeness (QED) is 0.299. The first kappa shape index (κ1) is 17.2. The van der Waals surface area contributed by atoms with Crippen molar-refractivity contribution in [1.82, 2.24) is 0 Å². The van der Waals surface area contributed by atoms with Gasteiger partial charge in [0.2, 0.25) is 0 Å². The standard InChI is InChI=1S/C18H13NO7/c1-2-24-15-8-7-11(9-13(15)19(22)23)18(21)26-16-10-17(20)25-14-6-4-3-5-12(14)16/h3-10H,2H2,1H3. The molecule has 1 heterocycles. The van der Waals surface area contributed by atoms with E-state index in [4.69, 9.17) is 13.9 Å². The highest BCUT2D eigenvalue weighted by molar-refractivity contribution is 5.94. The fourth-order valence-corrected chi connectivity index (χ4v) is 2.39. The fourth-order valence-electron chi connectivity index (χ4n) is 2.39. The summed E-state index contributed by atoms with van der Waals surface area (Å²) in [6.45, 7) is 1.94. The summed E-state index contributed by atoms with van der Waals surface area (Å²) in [5.74, 6) is -0.773. The number of nitrogens with zero attached hydrogens (tertiary/aromatic N) is 1. The molecule has 3 aromatic rings. The Bertz CT molecular complexity index is 1050. The molecule has 132 valence electrons. The van der Waals surface area contributed by atoms with E-state index in [1.54, 1.807) is 31.2 Å². The number of hydrogen-bond acceptors (Lipinski definition) is 7. The molecule has 0 amide bonds. The minimum Gasteiger partial charge on any atom is -0.487 e. The van der Waals surface area contributed by atoms with E-state index in [1.807, 2.05) is 0 Å². The molecule has 3 rings (SSSR count). The van der Waals surface area contributed by atoms with Gasteiger partial charge >= 0.3 is 17.3 Å². The highest BCUT2D eigenvalue weighted by Gasteiger charge is 2.20. The van der Waals surface area contributed by atoms with Gasteiger partial charge in [-0.1, -0.05) is 12.1 Å². The number of carbonyl (C=O) groups excluding carboxylic acids is 1. The van der Waals surface area contributed by atoms with E-state index in [9.17, 15) is 19.7 Å². The lowest BCUT2D eigenvalue weighted by atomic mass is 10.2. The van der Waals surface area contributed by atoms with E-state index in [0.29, 0.717) is 5.39 Å². The van der Waals surface area contributed by atoms with Crippen LogP contribution in [0.3, 0.4) is 0 Å². The highest BCUT2D eigenvalue weighted by atomic mass is 16.6. The van der Waals surface area contributed by atoms with Crippen molar-refractivity contribution >= 4 is 22.6 Å². The summed E-state index contributed by atoms with van der Waals surface area (Å²) in [6.07, 6.45) is 0. The van der Waals surface area contributed by atoms with E-state index in [2.05, 4.69) is 0 Å². The van der Waals surface area contributed by atoms with E-state index in [0.717, 1.165) is 12.1 Å². The van der Waals surface area contributed by atoms with Gasteiger partial charge in [-0.2, -0.15) is 0 Å². The average Bonchev–Trinajstić information content (AvgIpc) is 2.62. The lowest BCUT2D eigenvalue weighted by Gasteiger charge is -2.08. The van der Waals surface area contributed by atoms with Crippen LogP contribution in [-0.4, -0.2) is 17.5 Å². The third-order valence-corrected chi connectivity index (χ3v) is 3.51. The van der Waals surface area contributed by atoms with Gasteiger partial charge in [0, 0.05) is 6.07 Å². The molecule has 8 heteroatoms. The number of rotatable bonds is 5. The second-order valence-electron chi connectivity index (χ2n) is 5.19. The summed E-state index contributed by atoms with van der Waals surface area (Å²) in [4.78, 5) is 34.5. The molecule has 0 atom stereocenters. The van der Waals surface area contributed by atoms with Crippen molar-refractivity contribution in [3.8, 4) is 11.5 Å². The molecule has 2 aromatic carbocycles. The van der Waals surface area contributed by atoms with Crippen LogP contribution in [0.25, 0.3) is 11.0 Å². The molecule has 0 fully saturated rings. The van der Waals surface area contributed by atoms with Gasteiger partial charge in [-0.25, -0.2) is 9.59 Å². The molecule has 0 saturated carbocycles. The second-order valence-corrected chi connectivity index (χ2v) is 5.19. The van der Waals surface area contributed by atoms with Crippen molar-refractivity contribution in [2.24, 2.45) is 0 Å². The van der Waals surface area contributed by atoms with Crippen molar-refractivity contribution in [1.29, 1.82) is 0 Å². The molecule has 0 radical (unpaired) electrons. The Morgan fingerprint density at radius 3 is 2.65 bits per heavy atom. The topological polar surface area (TPSA) is 109 Å². The molecule has 0 aliphatic heterocycles. The third-order valence-electron chi connectivity index (χ3n) is 3.51. The molecule has 0 N–H and O–H groups in total. The van der Waals surface area contributed by atoms with E-state index >= 15 is 0 Å². The molecule has 0 saturated heterocycles. The van der Waals surface area contributed by atoms with Crippen LogP contribution in [0.5, 0.6) is 11.5 Å². The van der Waals surface area contributed by atoms with Gasteiger partial charge in [0.1, 0.15) is 11.3 Å². The summed E-state index contributed by atoms with van der Waals surface area (Å²) in [5, 5.41) is 11.6. The van der Waals surface area contributed by atoms with Gasteiger partial charge in [0.05, 0.1) is 28.5 Å². The molecule has 0 unspecified atom stereocenters. The Kier molecular flexibility index (Phi) is 4.66. The first-order valence-electron chi connectivity index (χ1n) is 7.66. The molecule has 0 aliphatic carbocycles. The van der Waals surface area contributed by atoms with E-state index in [-0.39, 0.29) is 34.9 Å². The van der Waals surface area contributed by atoms with Crippen LogP contribution in [0, 0.1) is 10.1 Å². The van der Waals surface area contributed by atoms with Gasteiger partial charge in [0.15, 0.2) is 5.75 Å². The molecular weight excluding hydrogens is 342 g/mol. The normalized spacial score (nSPS) is 10.5. The molecule has 0 spiro atoms. The molecule has 0 aliphatic rings. The lowest BCUT2D eigenvalue weighted by molar-refractivity contribution is -0.385. The zero-order valence-electron chi connectivity index (χ0n) is 13.6. The van der Waals surface area contributed by atoms with Crippen molar-refractivity contribution in [3.05, 3.63) is 74.6 Å². The van der Waals surface area contributed by atoms with Crippen molar-refractivity contribution in [3.63, 3.8) is 0 Å². The number of ether oxygens (including phenoxy) is 2. The second kappa shape index (κ2) is 7.06. The SMILES string of the molecule is CCOc1ccc(C(=O)Oc2cc(=O)oc3ccccc23)cc1[N+](=O)[O-]. The summed E-state index contributed by atoms with van der Waals surface area (Å²) in [7, 11) is 0. The molecule has 8 nitrogen and oxygen atoms in total. The van der Waals surface area contributed by atoms with Crippen LogP contribution in [0.4, 0.5) is 5.69 Å². The van der Waals surface area contributed by atoms with Gasteiger partial charge in [0.25, 0.3) is 0 Å². The monoisotopic (exact) mass is 355 g/mol. The van der Waals surface area contributed by atoms with Gasteiger partial charge < -0.3 is 13.9 Å². The zero-order valence-corrected chi connectivity index (χ0v) is 13.6. The zero-order chi connectivity index (χ0) is 18.7. The number of nitro groups is 1. The van der Waals surface area contributed by atoms with E-state index < -0.39 is 16.5 Å². The van der Waals surface area contributed by atoms with Crippen LogP contribution in [0.2, 0.25) is 0 Å². The summed E-state index contributed by atoms with van der Waals surface area (Å²) >= 11 is 0. The van der Waals surface area contributed by atoms with Crippen LogP contribution in [0.1, 0.15) is 17.3 Å². The van der Waals surface area contributed by atoms with E-state index in [1.165, 1.54) is 12.1 Å². The highest BCUT2D eigenvalue weighted by Crippen LogP contribution is 2.29. The minimum absolute atomic E-state index is 0.0124. The van der Waals surface area contributed by atoms with Crippen LogP contribution < -0.4 is 15.1 Å². The lowest BCUT2D eigenvalue weighted by Crippen LogP contribution is -2.11. The number of nitro benzene ring substituents is 1.